The van der Waals surface area contributed by atoms with E-state index >= 15 is 8.78 Å². The van der Waals surface area contributed by atoms with Crippen LogP contribution in [0.15, 0.2) is 77.2 Å². The van der Waals surface area contributed by atoms with E-state index in [2.05, 4.69) is 46.4 Å². The maximum absolute atomic E-state index is 16.9. The van der Waals surface area contributed by atoms with Crippen LogP contribution in [0.5, 0.6) is 0 Å². The minimum absolute atomic E-state index is 0.0141. The molecule has 4 heterocycles. The Morgan fingerprint density at radius 2 is 1.45 bits per heavy atom. The summed E-state index contributed by atoms with van der Waals surface area (Å²) in [6.45, 7) is 5.13. The first-order valence-corrected chi connectivity index (χ1v) is 24.4. The first-order chi connectivity index (χ1) is 34.1. The molecule has 0 saturated heterocycles. The predicted molar refractivity (Wildman–Crippen MR) is 266 cm³/mol. The summed E-state index contributed by atoms with van der Waals surface area (Å²) in [6, 6.07) is 12.4. The molecule has 2 aliphatic carbocycles. The SMILES string of the molecule is Cc1c(F)cc(C(=O)NC2CC2)cc1-c1ccc(C(=O)O)cc1C(=O)Nc1ncc(C[C@H](C)Cc2c(F)cc(C(=O)NC3CC3)cc2-c2ccc3c(=O)[nH]c4c(C)[nH]nc4c3c2C(=O)Nc2nccs2)s1. The predicted octanol–water partition coefficient (Wildman–Crippen LogP) is 8.95. The second-order valence-corrected chi connectivity index (χ2v) is 20.0. The van der Waals surface area contributed by atoms with E-state index in [0.717, 1.165) is 43.1 Å². The number of benzene rings is 4. The summed E-state index contributed by atoms with van der Waals surface area (Å²) in [5, 5.41) is 31.1. The number of carbonyl (C=O) groups excluding carboxylic acids is 4. The number of carboxylic acids is 1. The Bertz CT molecular complexity index is 3580. The van der Waals surface area contributed by atoms with Crippen LogP contribution in [0, 0.1) is 31.4 Å². The van der Waals surface area contributed by atoms with Gasteiger partial charge in [-0.15, -0.1) is 22.7 Å². The molecule has 0 radical (unpaired) electrons. The highest BCUT2D eigenvalue weighted by Gasteiger charge is 2.30. The lowest BCUT2D eigenvalue weighted by atomic mass is 9.86. The third kappa shape index (κ3) is 9.55. The Labute approximate surface area is 410 Å². The molecule has 10 rings (SSSR count). The Kier molecular flexibility index (Phi) is 12.3. The lowest BCUT2D eigenvalue weighted by Gasteiger charge is -2.20. The highest BCUT2D eigenvalue weighted by atomic mass is 32.1. The van der Waals surface area contributed by atoms with E-state index in [1.165, 1.54) is 54.8 Å². The number of nitrogens with one attached hydrogen (secondary N) is 6. The number of anilines is 2. The van der Waals surface area contributed by atoms with E-state index in [0.29, 0.717) is 28.0 Å². The molecule has 7 N–H and O–H groups in total. The van der Waals surface area contributed by atoms with Crippen LogP contribution in [-0.4, -0.2) is 71.9 Å². The highest BCUT2D eigenvalue weighted by Crippen LogP contribution is 2.39. The maximum Gasteiger partial charge on any atom is 0.335 e. The minimum atomic E-state index is -1.29. The summed E-state index contributed by atoms with van der Waals surface area (Å²) in [6.07, 6.45) is 6.78. The van der Waals surface area contributed by atoms with E-state index in [4.69, 9.17) is 0 Å². The molecule has 71 heavy (non-hydrogen) atoms. The van der Waals surface area contributed by atoms with Gasteiger partial charge in [0.1, 0.15) is 17.2 Å². The number of aromatic carboxylic acids is 1. The fraction of sp³-hybridized carbons (Fsp3) is 0.235. The van der Waals surface area contributed by atoms with Crippen molar-refractivity contribution in [1.82, 2.24) is 35.8 Å². The van der Waals surface area contributed by atoms with Crippen LogP contribution in [-0.2, 0) is 12.8 Å². The molecule has 1 atom stereocenters. The van der Waals surface area contributed by atoms with Gasteiger partial charge < -0.3 is 20.7 Å². The van der Waals surface area contributed by atoms with Crippen molar-refractivity contribution < 1.29 is 37.9 Å². The molecule has 8 aromatic rings. The number of carboxylic acid groups (broad SMARTS) is 1. The van der Waals surface area contributed by atoms with Gasteiger partial charge in [0.05, 0.1) is 27.7 Å². The zero-order chi connectivity index (χ0) is 49.8. The number of aryl methyl sites for hydroxylation is 1. The summed E-state index contributed by atoms with van der Waals surface area (Å²) in [7, 11) is 0. The molecule has 0 bridgehead atoms. The number of hydrogen-bond donors (Lipinski definition) is 7. The van der Waals surface area contributed by atoms with Crippen molar-refractivity contribution in [1.29, 1.82) is 0 Å². The largest absolute Gasteiger partial charge is 0.478 e. The van der Waals surface area contributed by atoms with Crippen molar-refractivity contribution in [3.63, 3.8) is 0 Å². The monoisotopic (exact) mass is 995 g/mol. The molecular weight excluding hydrogens is 953 g/mol. The van der Waals surface area contributed by atoms with Gasteiger partial charge in [-0.25, -0.2) is 23.5 Å². The van der Waals surface area contributed by atoms with Crippen molar-refractivity contribution in [3.8, 4) is 22.3 Å². The Hall–Kier alpha value is -7.97. The minimum Gasteiger partial charge on any atom is -0.478 e. The molecule has 0 aliphatic heterocycles. The van der Waals surface area contributed by atoms with Gasteiger partial charge in [0.15, 0.2) is 10.3 Å². The van der Waals surface area contributed by atoms with Crippen molar-refractivity contribution >= 4 is 84.3 Å². The molecule has 20 heteroatoms. The van der Waals surface area contributed by atoms with Gasteiger partial charge in [-0.3, -0.25) is 39.7 Å². The molecule has 0 unspecified atom stereocenters. The summed E-state index contributed by atoms with van der Waals surface area (Å²) < 4.78 is 32.3. The number of rotatable bonds is 15. The maximum atomic E-state index is 16.9. The van der Waals surface area contributed by atoms with Gasteiger partial charge in [0.2, 0.25) is 0 Å². The number of pyridine rings is 1. The van der Waals surface area contributed by atoms with E-state index in [-0.39, 0.29) is 107 Å². The molecule has 4 amide bonds. The second-order valence-electron chi connectivity index (χ2n) is 18.0. The molecule has 360 valence electrons. The second kappa shape index (κ2) is 18.7. The molecule has 2 saturated carbocycles. The Balaban J connectivity index is 0.974. The Morgan fingerprint density at radius 1 is 0.775 bits per heavy atom. The zero-order valence-electron chi connectivity index (χ0n) is 38.2. The fourth-order valence-electron chi connectivity index (χ4n) is 8.67. The third-order valence-electron chi connectivity index (χ3n) is 12.6. The summed E-state index contributed by atoms with van der Waals surface area (Å²) in [5.41, 5.74) is 1.95. The number of H-pyrrole nitrogens is 2. The third-order valence-corrected chi connectivity index (χ3v) is 14.2. The molecule has 4 aromatic heterocycles. The summed E-state index contributed by atoms with van der Waals surface area (Å²) in [4.78, 5) is 93.0. The molecule has 2 aliphatic rings. The van der Waals surface area contributed by atoms with Gasteiger partial charge in [0.25, 0.3) is 29.2 Å². The van der Waals surface area contributed by atoms with Crippen molar-refractivity contribution in [2.24, 2.45) is 5.92 Å². The van der Waals surface area contributed by atoms with Crippen LogP contribution in [0.2, 0.25) is 0 Å². The lowest BCUT2D eigenvalue weighted by Crippen LogP contribution is -2.25. The van der Waals surface area contributed by atoms with E-state index in [1.807, 2.05) is 6.92 Å². The van der Waals surface area contributed by atoms with Crippen LogP contribution >= 0.6 is 22.7 Å². The van der Waals surface area contributed by atoms with Crippen LogP contribution in [0.4, 0.5) is 19.0 Å². The van der Waals surface area contributed by atoms with Crippen LogP contribution in [0.1, 0.15) is 106 Å². The summed E-state index contributed by atoms with van der Waals surface area (Å²) in [5.74, 6) is -5.25. The van der Waals surface area contributed by atoms with Crippen molar-refractivity contribution in [2.75, 3.05) is 10.6 Å². The van der Waals surface area contributed by atoms with Gasteiger partial charge in [-0.2, -0.15) is 5.10 Å². The normalized spacial score (nSPS) is 13.8. The van der Waals surface area contributed by atoms with Crippen LogP contribution in [0.25, 0.3) is 44.1 Å². The van der Waals surface area contributed by atoms with E-state index in [9.17, 15) is 33.9 Å². The first kappa shape index (κ1) is 46.7. The number of carbonyl (C=O) groups is 5. The topological polar surface area (TPSA) is 241 Å². The number of amides is 4. The standard InChI is InChI=1S/C51H43F2N9O7S2/c1-22(14-30-21-55-51(71-30)59-47(66)37-16-25(49(68)69)4-9-31(37)34-17-26(19-38(52)23(34)2)44(63)56-28-5-6-28)15-36-35(18-27(20-39(36)53)45(64)57-29-7-8-29)32-10-11-33-40(41(32)48(67)60-50-54-12-13-70-50)43-42(58-46(33)65)24(3)61-62-43/h4,9-13,16-22,28-29H,5-8,14-15H2,1-3H3,(H,56,63)(H,57,64)(H,58,65)(H,61,62)(H,68,69)(H,54,60,67)(H,55,59,66)/t22-/m0/s1. The Morgan fingerprint density at radius 3 is 2.13 bits per heavy atom. The lowest BCUT2D eigenvalue weighted by molar-refractivity contribution is 0.0696. The fourth-order valence-corrected chi connectivity index (χ4v) is 10.2. The van der Waals surface area contributed by atoms with Crippen molar-refractivity contribution in [2.45, 2.75) is 71.4 Å². The number of nitrogens with zero attached hydrogens (tertiary/aromatic N) is 3. The molecule has 0 spiro atoms. The van der Waals surface area contributed by atoms with E-state index in [1.54, 1.807) is 36.7 Å². The van der Waals surface area contributed by atoms with E-state index < -0.39 is 46.8 Å². The van der Waals surface area contributed by atoms with Gasteiger partial charge >= 0.3 is 5.97 Å². The van der Waals surface area contributed by atoms with Gasteiger partial charge in [0, 0.05) is 56.8 Å². The van der Waals surface area contributed by atoms with Crippen LogP contribution < -0.4 is 26.8 Å². The molecule has 2 fully saturated rings. The number of fused-ring (bicyclic) bond motifs is 3. The molecule has 16 nitrogen and oxygen atoms in total. The number of aromatic nitrogens is 5. The molecular formula is C51H43F2N9O7S2. The zero-order valence-corrected chi connectivity index (χ0v) is 39.8. The highest BCUT2D eigenvalue weighted by molar-refractivity contribution is 7.15. The molecule has 4 aromatic carbocycles. The first-order valence-electron chi connectivity index (χ1n) is 22.7. The number of thiazole rings is 2. The number of halogens is 2. The summed E-state index contributed by atoms with van der Waals surface area (Å²) >= 11 is 2.34. The van der Waals surface area contributed by atoms with Gasteiger partial charge in [-0.05, 0) is 134 Å². The quantitative estimate of drug-likeness (QED) is 0.0514. The number of aromatic amines is 2. The smallest absolute Gasteiger partial charge is 0.335 e. The number of hydrogen-bond acceptors (Lipinski definition) is 11. The van der Waals surface area contributed by atoms with Crippen molar-refractivity contribution in [3.05, 3.63) is 144 Å². The van der Waals surface area contributed by atoms with Crippen LogP contribution in [0.3, 0.4) is 0 Å². The average Bonchev–Trinajstić information content (AvgIpc) is 4.20. The van der Waals surface area contributed by atoms with Gasteiger partial charge in [-0.1, -0.05) is 19.1 Å². The average molecular weight is 996 g/mol.